The molecule has 0 amide bonds. The number of halogens is 2. The first kappa shape index (κ1) is 12.0. The van der Waals surface area contributed by atoms with Crippen LogP contribution < -0.4 is 15.0 Å². The molecule has 0 fully saturated rings. The van der Waals surface area contributed by atoms with Gasteiger partial charge in [0.15, 0.2) is 11.5 Å². The van der Waals surface area contributed by atoms with Gasteiger partial charge < -0.3 is 14.7 Å². The second-order valence-corrected chi connectivity index (χ2v) is 3.13. The van der Waals surface area contributed by atoms with Gasteiger partial charge >= 0.3 is 0 Å². The molecule has 1 rings (SSSR count). The van der Waals surface area contributed by atoms with Crippen molar-refractivity contribution in [1.29, 1.82) is 0 Å². The second-order valence-electron chi connectivity index (χ2n) is 2.72. The van der Waals surface area contributed by atoms with Gasteiger partial charge in [-0.05, 0) is 0 Å². The fourth-order valence-electron chi connectivity index (χ4n) is 1.25. The van der Waals surface area contributed by atoms with Crippen molar-refractivity contribution in [1.82, 2.24) is 5.48 Å². The topological polar surface area (TPSA) is 50.7 Å². The maximum absolute atomic E-state index is 13.5. The Bertz CT molecular complexity index is 360. The van der Waals surface area contributed by atoms with Gasteiger partial charge in [0, 0.05) is 6.07 Å². The fourth-order valence-corrected chi connectivity index (χ4v) is 1.46. The van der Waals surface area contributed by atoms with Crippen LogP contribution in [0.4, 0.5) is 4.39 Å². The first-order valence-electron chi connectivity index (χ1n) is 4.11. The zero-order chi connectivity index (χ0) is 11.4. The van der Waals surface area contributed by atoms with E-state index >= 15 is 0 Å². The molecule has 0 saturated heterocycles. The summed E-state index contributed by atoms with van der Waals surface area (Å²) in [5, 5.41) is 8.48. The molecule has 0 unspecified atom stereocenters. The fraction of sp³-hybridized carbons (Fsp3) is 0.333. The molecule has 0 heterocycles. The average Bonchev–Trinajstić information content (AvgIpc) is 2.24. The Morgan fingerprint density at radius 3 is 2.60 bits per heavy atom. The molecule has 0 atom stereocenters. The summed E-state index contributed by atoms with van der Waals surface area (Å²) in [4.78, 5) is 0. The zero-order valence-corrected chi connectivity index (χ0v) is 9.06. The number of methoxy groups -OCH3 is 2. The lowest BCUT2D eigenvalue weighted by molar-refractivity contribution is 0.158. The lowest BCUT2D eigenvalue weighted by atomic mass is 10.1. The minimum Gasteiger partial charge on any atom is -0.493 e. The summed E-state index contributed by atoms with van der Waals surface area (Å²) >= 11 is 5.64. The molecule has 6 heteroatoms. The van der Waals surface area contributed by atoms with Crippen LogP contribution in [0.5, 0.6) is 11.5 Å². The Morgan fingerprint density at radius 1 is 1.47 bits per heavy atom. The number of nitrogens with one attached hydrogen (secondary N) is 1. The van der Waals surface area contributed by atoms with Gasteiger partial charge in [-0.15, -0.1) is 0 Å². The molecule has 0 radical (unpaired) electrons. The maximum atomic E-state index is 13.5. The molecule has 15 heavy (non-hydrogen) atoms. The van der Waals surface area contributed by atoms with Gasteiger partial charge in [-0.2, -0.15) is 0 Å². The predicted molar refractivity (Wildman–Crippen MR) is 53.1 cm³/mol. The Kier molecular flexibility index (Phi) is 4.14. The molecule has 0 aliphatic heterocycles. The molecule has 4 nitrogen and oxygen atoms in total. The van der Waals surface area contributed by atoms with Gasteiger partial charge in [0.25, 0.3) is 0 Å². The molecule has 1 aromatic carbocycles. The Morgan fingerprint density at radius 2 is 2.13 bits per heavy atom. The van der Waals surface area contributed by atoms with Crippen molar-refractivity contribution >= 4 is 11.6 Å². The van der Waals surface area contributed by atoms with Crippen LogP contribution in [-0.4, -0.2) is 19.4 Å². The van der Waals surface area contributed by atoms with Gasteiger partial charge in [-0.3, -0.25) is 0 Å². The van der Waals surface area contributed by atoms with Crippen molar-refractivity contribution in [2.75, 3.05) is 14.2 Å². The van der Waals surface area contributed by atoms with E-state index in [4.69, 9.17) is 26.3 Å². The molecule has 84 valence electrons. The van der Waals surface area contributed by atoms with E-state index in [1.54, 1.807) is 0 Å². The van der Waals surface area contributed by atoms with E-state index in [0.29, 0.717) is 5.75 Å². The quantitative estimate of drug-likeness (QED) is 0.784. The predicted octanol–water partition coefficient (Wildman–Crippen LogP) is 1.98. The molecule has 0 aromatic heterocycles. The van der Waals surface area contributed by atoms with Gasteiger partial charge in [-0.1, -0.05) is 11.6 Å². The van der Waals surface area contributed by atoms with Crippen molar-refractivity contribution < 1.29 is 19.1 Å². The van der Waals surface area contributed by atoms with Crippen LogP contribution in [0.2, 0.25) is 5.02 Å². The number of hydrogen-bond donors (Lipinski definition) is 2. The van der Waals surface area contributed by atoms with Crippen molar-refractivity contribution in [3.63, 3.8) is 0 Å². The van der Waals surface area contributed by atoms with Crippen LogP contribution >= 0.6 is 11.6 Å². The standard InChI is InChI=1S/C9H11ClFNO3/c1-14-7-3-6(10)8(11)5(4-12-13)9(7)15-2/h3,12-13H,4H2,1-2H3. The zero-order valence-electron chi connectivity index (χ0n) is 8.30. The lowest BCUT2D eigenvalue weighted by Crippen LogP contribution is -2.10. The summed E-state index contributed by atoms with van der Waals surface area (Å²) < 4.78 is 23.5. The van der Waals surface area contributed by atoms with Crippen molar-refractivity contribution in [3.8, 4) is 11.5 Å². The summed E-state index contributed by atoms with van der Waals surface area (Å²) in [6.45, 7) is -0.119. The Balaban J connectivity index is 3.35. The van der Waals surface area contributed by atoms with Gasteiger partial charge in [0.2, 0.25) is 0 Å². The van der Waals surface area contributed by atoms with Crippen LogP contribution in [-0.2, 0) is 6.54 Å². The summed E-state index contributed by atoms with van der Waals surface area (Å²) in [6.07, 6.45) is 0. The monoisotopic (exact) mass is 235 g/mol. The van der Waals surface area contributed by atoms with E-state index in [2.05, 4.69) is 0 Å². The Hall–Kier alpha value is -1.04. The van der Waals surface area contributed by atoms with Gasteiger partial charge in [0.05, 0.1) is 31.4 Å². The molecule has 1 aromatic rings. The number of hydroxylamine groups is 1. The molecular weight excluding hydrogens is 225 g/mol. The summed E-state index contributed by atoms with van der Waals surface area (Å²) in [5.74, 6) is -0.119. The van der Waals surface area contributed by atoms with E-state index in [-0.39, 0.29) is 22.9 Å². The third-order valence-corrected chi connectivity index (χ3v) is 2.19. The number of benzene rings is 1. The van der Waals surface area contributed by atoms with Crippen LogP contribution in [0.25, 0.3) is 0 Å². The highest BCUT2D eigenvalue weighted by Crippen LogP contribution is 2.36. The molecular formula is C9H11ClFNO3. The molecule has 2 N–H and O–H groups in total. The van der Waals surface area contributed by atoms with E-state index in [1.165, 1.54) is 20.3 Å². The first-order valence-corrected chi connectivity index (χ1v) is 4.49. The SMILES string of the molecule is COc1cc(Cl)c(F)c(CNO)c1OC. The molecule has 0 aliphatic rings. The molecule has 0 bridgehead atoms. The van der Waals surface area contributed by atoms with Crippen molar-refractivity contribution in [2.24, 2.45) is 0 Å². The first-order chi connectivity index (χ1) is 7.15. The summed E-state index contributed by atoms with van der Waals surface area (Å²) in [7, 11) is 2.80. The highest BCUT2D eigenvalue weighted by molar-refractivity contribution is 6.31. The van der Waals surface area contributed by atoms with Crippen LogP contribution in [0.15, 0.2) is 6.07 Å². The van der Waals surface area contributed by atoms with Crippen molar-refractivity contribution in [3.05, 3.63) is 22.5 Å². The second kappa shape index (κ2) is 5.16. The van der Waals surface area contributed by atoms with Crippen LogP contribution in [0.1, 0.15) is 5.56 Å². The lowest BCUT2D eigenvalue weighted by Gasteiger charge is -2.13. The van der Waals surface area contributed by atoms with Crippen LogP contribution in [0.3, 0.4) is 0 Å². The summed E-state index contributed by atoms with van der Waals surface area (Å²) in [6, 6.07) is 1.32. The van der Waals surface area contributed by atoms with E-state index < -0.39 is 5.82 Å². The van der Waals surface area contributed by atoms with Gasteiger partial charge in [0.1, 0.15) is 5.82 Å². The van der Waals surface area contributed by atoms with Gasteiger partial charge in [-0.25, -0.2) is 9.87 Å². The maximum Gasteiger partial charge on any atom is 0.168 e. The van der Waals surface area contributed by atoms with E-state index in [1.807, 2.05) is 5.48 Å². The number of rotatable bonds is 4. The minimum atomic E-state index is -0.643. The Labute approximate surface area is 91.5 Å². The third-order valence-electron chi connectivity index (χ3n) is 1.91. The smallest absolute Gasteiger partial charge is 0.168 e. The van der Waals surface area contributed by atoms with Crippen molar-refractivity contribution in [2.45, 2.75) is 6.54 Å². The highest BCUT2D eigenvalue weighted by atomic mass is 35.5. The van der Waals surface area contributed by atoms with Crippen LogP contribution in [0, 0.1) is 5.82 Å². The molecule has 0 saturated carbocycles. The molecule has 0 aliphatic carbocycles. The largest absolute Gasteiger partial charge is 0.493 e. The molecule has 0 spiro atoms. The summed E-state index contributed by atoms with van der Waals surface area (Å²) in [5.41, 5.74) is 1.96. The minimum absolute atomic E-state index is 0.0853. The highest BCUT2D eigenvalue weighted by Gasteiger charge is 2.18. The average molecular weight is 236 g/mol. The number of ether oxygens (including phenoxy) is 2. The van der Waals surface area contributed by atoms with E-state index in [9.17, 15) is 4.39 Å². The third kappa shape index (κ3) is 2.31. The normalized spacial score (nSPS) is 10.2. The van der Waals surface area contributed by atoms with E-state index in [0.717, 1.165) is 0 Å². The number of hydrogen-bond acceptors (Lipinski definition) is 4.